The first-order chi connectivity index (χ1) is 8.99. The summed E-state index contributed by atoms with van der Waals surface area (Å²) in [6.07, 6.45) is 0. The SMILES string of the molecule is CC(=O)N1CCN(C(=O)c2ccc(C)c(F)c2)CC1. The fourth-order valence-electron chi connectivity index (χ4n) is 2.13. The van der Waals surface area contributed by atoms with Gasteiger partial charge in [-0.25, -0.2) is 4.39 Å². The molecule has 0 N–H and O–H groups in total. The molecule has 4 nitrogen and oxygen atoms in total. The third kappa shape index (κ3) is 2.92. The Morgan fingerprint density at radius 2 is 1.68 bits per heavy atom. The zero-order chi connectivity index (χ0) is 14.0. The van der Waals surface area contributed by atoms with Gasteiger partial charge in [0.15, 0.2) is 0 Å². The molecular weight excluding hydrogens is 247 g/mol. The number of carbonyl (C=O) groups is 2. The van der Waals surface area contributed by atoms with Crippen molar-refractivity contribution >= 4 is 11.8 Å². The third-order valence-corrected chi connectivity index (χ3v) is 3.43. The van der Waals surface area contributed by atoms with Crippen LogP contribution in [0.25, 0.3) is 0 Å². The van der Waals surface area contributed by atoms with E-state index in [1.54, 1.807) is 28.9 Å². The highest BCUT2D eigenvalue weighted by Gasteiger charge is 2.23. The van der Waals surface area contributed by atoms with Gasteiger partial charge in [0.1, 0.15) is 5.82 Å². The third-order valence-electron chi connectivity index (χ3n) is 3.43. The van der Waals surface area contributed by atoms with Crippen LogP contribution in [0.1, 0.15) is 22.8 Å². The summed E-state index contributed by atoms with van der Waals surface area (Å²) < 4.78 is 13.5. The molecule has 1 aliphatic rings. The molecule has 0 aliphatic carbocycles. The van der Waals surface area contributed by atoms with E-state index in [0.29, 0.717) is 37.3 Å². The fraction of sp³-hybridized carbons (Fsp3) is 0.429. The van der Waals surface area contributed by atoms with Crippen molar-refractivity contribution in [2.24, 2.45) is 0 Å². The summed E-state index contributed by atoms with van der Waals surface area (Å²) in [6.45, 7) is 5.24. The summed E-state index contributed by atoms with van der Waals surface area (Å²) in [5.41, 5.74) is 0.886. The Kier molecular flexibility index (Phi) is 3.83. The van der Waals surface area contributed by atoms with Gasteiger partial charge in [-0.05, 0) is 24.6 Å². The Labute approximate surface area is 111 Å². The van der Waals surface area contributed by atoms with Gasteiger partial charge in [0, 0.05) is 38.7 Å². The molecule has 0 saturated carbocycles. The smallest absolute Gasteiger partial charge is 0.254 e. The Morgan fingerprint density at radius 3 is 2.21 bits per heavy atom. The van der Waals surface area contributed by atoms with Gasteiger partial charge < -0.3 is 9.80 Å². The second-order valence-electron chi connectivity index (χ2n) is 4.76. The van der Waals surface area contributed by atoms with Crippen LogP contribution in [0.4, 0.5) is 4.39 Å². The van der Waals surface area contributed by atoms with E-state index in [9.17, 15) is 14.0 Å². The number of piperazine rings is 1. The average Bonchev–Trinajstić information content (AvgIpc) is 2.41. The van der Waals surface area contributed by atoms with Gasteiger partial charge in [-0.3, -0.25) is 9.59 Å². The van der Waals surface area contributed by atoms with Gasteiger partial charge in [0.2, 0.25) is 5.91 Å². The lowest BCUT2D eigenvalue weighted by molar-refractivity contribution is -0.130. The summed E-state index contributed by atoms with van der Waals surface area (Å²) in [5.74, 6) is -0.524. The first kappa shape index (κ1) is 13.5. The van der Waals surface area contributed by atoms with Gasteiger partial charge in [0.05, 0.1) is 0 Å². The number of carbonyl (C=O) groups excluding carboxylic acids is 2. The number of halogens is 1. The lowest BCUT2D eigenvalue weighted by Crippen LogP contribution is -2.50. The Balaban J connectivity index is 2.05. The molecule has 19 heavy (non-hydrogen) atoms. The van der Waals surface area contributed by atoms with E-state index < -0.39 is 0 Å². The number of hydrogen-bond acceptors (Lipinski definition) is 2. The topological polar surface area (TPSA) is 40.6 Å². The molecule has 0 aromatic heterocycles. The number of amides is 2. The number of aryl methyl sites for hydroxylation is 1. The summed E-state index contributed by atoms with van der Waals surface area (Å²) in [5, 5.41) is 0. The Hall–Kier alpha value is -1.91. The van der Waals surface area contributed by atoms with Crippen molar-refractivity contribution < 1.29 is 14.0 Å². The van der Waals surface area contributed by atoms with Crippen molar-refractivity contribution in [3.8, 4) is 0 Å². The molecule has 0 radical (unpaired) electrons. The molecule has 1 fully saturated rings. The quantitative estimate of drug-likeness (QED) is 0.770. The molecule has 0 unspecified atom stereocenters. The summed E-state index contributed by atoms with van der Waals surface area (Å²) in [6, 6.07) is 4.52. The predicted octanol–water partition coefficient (Wildman–Crippen LogP) is 1.44. The molecular formula is C14H17FN2O2. The first-order valence-corrected chi connectivity index (χ1v) is 6.30. The van der Waals surface area contributed by atoms with E-state index in [1.165, 1.54) is 13.0 Å². The lowest BCUT2D eigenvalue weighted by Gasteiger charge is -2.34. The van der Waals surface area contributed by atoms with Gasteiger partial charge in [-0.1, -0.05) is 6.07 Å². The second kappa shape index (κ2) is 5.38. The van der Waals surface area contributed by atoms with Crippen LogP contribution < -0.4 is 0 Å². The van der Waals surface area contributed by atoms with E-state index in [-0.39, 0.29) is 17.6 Å². The molecule has 1 heterocycles. The minimum Gasteiger partial charge on any atom is -0.339 e. The maximum Gasteiger partial charge on any atom is 0.254 e. The molecule has 1 aliphatic heterocycles. The van der Waals surface area contributed by atoms with Crippen molar-refractivity contribution in [3.63, 3.8) is 0 Å². The van der Waals surface area contributed by atoms with Gasteiger partial charge in [-0.2, -0.15) is 0 Å². The fourth-order valence-corrected chi connectivity index (χ4v) is 2.13. The molecule has 102 valence electrons. The van der Waals surface area contributed by atoms with E-state index in [4.69, 9.17) is 0 Å². The first-order valence-electron chi connectivity index (χ1n) is 6.30. The lowest BCUT2D eigenvalue weighted by atomic mass is 10.1. The Morgan fingerprint density at radius 1 is 1.11 bits per heavy atom. The van der Waals surface area contributed by atoms with E-state index in [2.05, 4.69) is 0 Å². The van der Waals surface area contributed by atoms with Crippen LogP contribution in [-0.4, -0.2) is 47.8 Å². The predicted molar refractivity (Wildman–Crippen MR) is 69.3 cm³/mol. The zero-order valence-electron chi connectivity index (χ0n) is 11.1. The van der Waals surface area contributed by atoms with E-state index in [0.717, 1.165) is 0 Å². The van der Waals surface area contributed by atoms with E-state index >= 15 is 0 Å². The van der Waals surface area contributed by atoms with Crippen molar-refractivity contribution in [2.75, 3.05) is 26.2 Å². The van der Waals surface area contributed by atoms with Crippen LogP contribution in [0.5, 0.6) is 0 Å². The van der Waals surface area contributed by atoms with Crippen molar-refractivity contribution in [2.45, 2.75) is 13.8 Å². The second-order valence-corrected chi connectivity index (χ2v) is 4.76. The highest BCUT2D eigenvalue weighted by molar-refractivity contribution is 5.94. The van der Waals surface area contributed by atoms with Gasteiger partial charge in [-0.15, -0.1) is 0 Å². The summed E-state index contributed by atoms with van der Waals surface area (Å²) in [7, 11) is 0. The number of benzene rings is 1. The van der Waals surface area contributed by atoms with Crippen LogP contribution in [0.3, 0.4) is 0 Å². The highest BCUT2D eigenvalue weighted by atomic mass is 19.1. The van der Waals surface area contributed by atoms with Crippen LogP contribution in [0.2, 0.25) is 0 Å². The van der Waals surface area contributed by atoms with Crippen LogP contribution in [0, 0.1) is 12.7 Å². The molecule has 1 aromatic carbocycles. The molecule has 1 aromatic rings. The number of hydrogen-bond donors (Lipinski definition) is 0. The monoisotopic (exact) mass is 264 g/mol. The summed E-state index contributed by atoms with van der Waals surface area (Å²) in [4.78, 5) is 26.8. The Bertz CT molecular complexity index is 508. The zero-order valence-corrected chi connectivity index (χ0v) is 11.1. The van der Waals surface area contributed by atoms with Crippen molar-refractivity contribution in [1.82, 2.24) is 9.80 Å². The number of rotatable bonds is 1. The van der Waals surface area contributed by atoms with Crippen LogP contribution in [0.15, 0.2) is 18.2 Å². The molecule has 2 amide bonds. The van der Waals surface area contributed by atoms with Crippen molar-refractivity contribution in [3.05, 3.63) is 35.1 Å². The summed E-state index contributed by atoms with van der Waals surface area (Å²) >= 11 is 0. The largest absolute Gasteiger partial charge is 0.339 e. The average molecular weight is 264 g/mol. The molecule has 0 atom stereocenters. The van der Waals surface area contributed by atoms with Crippen LogP contribution in [-0.2, 0) is 4.79 Å². The minimum atomic E-state index is -0.367. The normalized spacial score (nSPS) is 15.5. The molecule has 0 spiro atoms. The molecule has 0 bridgehead atoms. The molecule has 2 rings (SSSR count). The minimum absolute atomic E-state index is 0.0217. The van der Waals surface area contributed by atoms with Gasteiger partial charge in [0.25, 0.3) is 5.91 Å². The number of nitrogens with zero attached hydrogens (tertiary/aromatic N) is 2. The van der Waals surface area contributed by atoms with Crippen molar-refractivity contribution in [1.29, 1.82) is 0 Å². The molecule has 1 saturated heterocycles. The van der Waals surface area contributed by atoms with Crippen LogP contribution >= 0.6 is 0 Å². The van der Waals surface area contributed by atoms with E-state index in [1.807, 2.05) is 0 Å². The maximum absolute atomic E-state index is 13.5. The molecule has 5 heteroatoms. The standard InChI is InChI=1S/C14H17FN2O2/c1-10-3-4-12(9-13(10)15)14(19)17-7-5-16(6-8-17)11(2)18/h3-4,9H,5-8H2,1-2H3. The van der Waals surface area contributed by atoms with Gasteiger partial charge >= 0.3 is 0 Å². The highest BCUT2D eigenvalue weighted by Crippen LogP contribution is 2.13. The maximum atomic E-state index is 13.5.